The van der Waals surface area contributed by atoms with Gasteiger partial charge in [0.2, 0.25) is 0 Å². The predicted molar refractivity (Wildman–Crippen MR) is 62.8 cm³/mol. The van der Waals surface area contributed by atoms with E-state index in [9.17, 15) is 14.4 Å². The summed E-state index contributed by atoms with van der Waals surface area (Å²) in [6.45, 7) is 0.224. The maximum absolute atomic E-state index is 11.7. The molecule has 0 saturated carbocycles. The first-order valence-electron chi connectivity index (χ1n) is 5.81. The molecule has 1 saturated heterocycles. The average molecular weight is 267 g/mol. The standard InChI is InChI=1S/C12H13NO6/c14-10-4-1-7(6-18-10)11(15)13-5-8-2-3-9(19-8)12(16)17/h1,4,6,8-9H,2-3,5H2,(H,13,15)(H,16,17). The van der Waals surface area contributed by atoms with Crippen LogP contribution < -0.4 is 10.9 Å². The van der Waals surface area contributed by atoms with Gasteiger partial charge < -0.3 is 19.6 Å². The van der Waals surface area contributed by atoms with Crippen molar-refractivity contribution in [3.8, 4) is 0 Å². The Hall–Kier alpha value is -2.15. The molecule has 0 spiro atoms. The van der Waals surface area contributed by atoms with E-state index in [1.807, 2.05) is 0 Å². The molecule has 0 aromatic carbocycles. The molecule has 0 bridgehead atoms. The van der Waals surface area contributed by atoms with Gasteiger partial charge in [-0.2, -0.15) is 0 Å². The highest BCUT2D eigenvalue weighted by molar-refractivity contribution is 5.93. The van der Waals surface area contributed by atoms with Gasteiger partial charge in [-0.1, -0.05) is 0 Å². The van der Waals surface area contributed by atoms with Crippen LogP contribution in [0.5, 0.6) is 0 Å². The number of carbonyl (C=O) groups is 2. The van der Waals surface area contributed by atoms with Gasteiger partial charge in [-0.25, -0.2) is 9.59 Å². The fourth-order valence-electron chi connectivity index (χ4n) is 1.83. The van der Waals surface area contributed by atoms with Crippen molar-refractivity contribution >= 4 is 11.9 Å². The number of carbonyl (C=O) groups excluding carboxylic acids is 1. The minimum absolute atomic E-state index is 0.224. The van der Waals surface area contributed by atoms with Crippen LogP contribution in [0.4, 0.5) is 0 Å². The number of carboxylic acid groups (broad SMARTS) is 1. The second-order valence-corrected chi connectivity index (χ2v) is 4.22. The van der Waals surface area contributed by atoms with Crippen molar-refractivity contribution in [2.45, 2.75) is 25.0 Å². The highest BCUT2D eigenvalue weighted by Gasteiger charge is 2.30. The van der Waals surface area contributed by atoms with Gasteiger partial charge in [0, 0.05) is 12.6 Å². The van der Waals surface area contributed by atoms with Crippen LogP contribution in [0.15, 0.2) is 27.6 Å². The molecule has 2 atom stereocenters. The molecule has 19 heavy (non-hydrogen) atoms. The molecule has 2 N–H and O–H groups in total. The second kappa shape index (κ2) is 5.66. The Kier molecular flexibility index (Phi) is 3.96. The molecular weight excluding hydrogens is 254 g/mol. The third-order valence-corrected chi connectivity index (χ3v) is 2.84. The van der Waals surface area contributed by atoms with Crippen LogP contribution in [0.25, 0.3) is 0 Å². The van der Waals surface area contributed by atoms with E-state index in [0.717, 1.165) is 12.3 Å². The monoisotopic (exact) mass is 267 g/mol. The Balaban J connectivity index is 1.83. The second-order valence-electron chi connectivity index (χ2n) is 4.22. The van der Waals surface area contributed by atoms with Crippen molar-refractivity contribution in [2.24, 2.45) is 0 Å². The van der Waals surface area contributed by atoms with Crippen LogP contribution in [0.2, 0.25) is 0 Å². The van der Waals surface area contributed by atoms with Crippen molar-refractivity contribution in [2.75, 3.05) is 6.54 Å². The lowest BCUT2D eigenvalue weighted by atomic mass is 10.2. The van der Waals surface area contributed by atoms with Gasteiger partial charge in [0.1, 0.15) is 6.26 Å². The summed E-state index contributed by atoms with van der Waals surface area (Å²) in [4.78, 5) is 33.1. The molecule has 0 aliphatic carbocycles. The summed E-state index contributed by atoms with van der Waals surface area (Å²) in [6.07, 6.45) is 1.00. The normalized spacial score (nSPS) is 22.1. The van der Waals surface area contributed by atoms with Crippen LogP contribution >= 0.6 is 0 Å². The van der Waals surface area contributed by atoms with E-state index in [0.29, 0.717) is 12.8 Å². The smallest absolute Gasteiger partial charge is 0.335 e. The summed E-state index contributed by atoms with van der Waals surface area (Å²) in [5.74, 6) is -1.38. The van der Waals surface area contributed by atoms with Crippen molar-refractivity contribution in [3.63, 3.8) is 0 Å². The van der Waals surface area contributed by atoms with Crippen molar-refractivity contribution in [1.29, 1.82) is 0 Å². The highest BCUT2D eigenvalue weighted by atomic mass is 16.5. The minimum Gasteiger partial charge on any atom is -0.479 e. The fraction of sp³-hybridized carbons (Fsp3) is 0.417. The number of rotatable bonds is 4. The quantitative estimate of drug-likeness (QED) is 0.795. The number of carboxylic acids is 1. The average Bonchev–Trinajstić information content (AvgIpc) is 2.86. The zero-order chi connectivity index (χ0) is 13.8. The van der Waals surface area contributed by atoms with E-state index in [2.05, 4.69) is 9.73 Å². The molecule has 7 heteroatoms. The molecule has 7 nitrogen and oxygen atoms in total. The molecule has 0 radical (unpaired) electrons. The van der Waals surface area contributed by atoms with E-state index in [1.165, 1.54) is 6.07 Å². The number of hydrogen-bond acceptors (Lipinski definition) is 5. The molecule has 1 aliphatic heterocycles. The molecule has 1 aliphatic rings. The largest absolute Gasteiger partial charge is 0.479 e. The third kappa shape index (κ3) is 3.41. The van der Waals surface area contributed by atoms with Crippen LogP contribution in [-0.2, 0) is 9.53 Å². The lowest BCUT2D eigenvalue weighted by Crippen LogP contribution is -2.33. The Morgan fingerprint density at radius 3 is 2.74 bits per heavy atom. The summed E-state index contributed by atoms with van der Waals surface area (Å²) in [5.41, 5.74) is -0.299. The molecule has 102 valence electrons. The predicted octanol–water partition coefficient (Wildman–Crippen LogP) is 0.00180. The van der Waals surface area contributed by atoms with E-state index in [1.54, 1.807) is 0 Å². The zero-order valence-corrected chi connectivity index (χ0v) is 10.00. The van der Waals surface area contributed by atoms with Gasteiger partial charge in [-0.05, 0) is 18.9 Å². The lowest BCUT2D eigenvalue weighted by molar-refractivity contribution is -0.149. The summed E-state index contributed by atoms with van der Waals surface area (Å²) >= 11 is 0. The summed E-state index contributed by atoms with van der Waals surface area (Å²) in [7, 11) is 0. The Labute approximate surface area is 108 Å². The molecule has 2 unspecified atom stereocenters. The first-order valence-corrected chi connectivity index (χ1v) is 5.81. The molecule has 1 aromatic heterocycles. The van der Waals surface area contributed by atoms with E-state index < -0.39 is 23.6 Å². The van der Waals surface area contributed by atoms with Gasteiger partial charge in [0.15, 0.2) is 6.10 Å². The Morgan fingerprint density at radius 1 is 1.37 bits per heavy atom. The summed E-state index contributed by atoms with van der Waals surface area (Å²) in [5, 5.41) is 11.4. The highest BCUT2D eigenvalue weighted by Crippen LogP contribution is 2.19. The van der Waals surface area contributed by atoms with E-state index in [-0.39, 0.29) is 18.2 Å². The van der Waals surface area contributed by atoms with Gasteiger partial charge in [0.25, 0.3) is 5.91 Å². The van der Waals surface area contributed by atoms with Crippen molar-refractivity contribution in [3.05, 3.63) is 34.4 Å². The maximum atomic E-state index is 11.7. The number of ether oxygens (including phenoxy) is 1. The van der Waals surface area contributed by atoms with Crippen molar-refractivity contribution < 1.29 is 23.8 Å². The first kappa shape index (κ1) is 13.3. The van der Waals surface area contributed by atoms with Gasteiger partial charge in [-0.15, -0.1) is 0 Å². The van der Waals surface area contributed by atoms with Crippen LogP contribution in [0, 0.1) is 0 Å². The SMILES string of the molecule is O=C(NCC1CCC(C(=O)O)O1)c1ccc(=O)oc1. The van der Waals surface area contributed by atoms with Crippen LogP contribution in [0.1, 0.15) is 23.2 Å². The number of amides is 1. The van der Waals surface area contributed by atoms with Crippen molar-refractivity contribution in [1.82, 2.24) is 5.32 Å². The maximum Gasteiger partial charge on any atom is 0.335 e. The summed E-state index contributed by atoms with van der Waals surface area (Å²) < 4.78 is 9.81. The van der Waals surface area contributed by atoms with Gasteiger partial charge in [-0.3, -0.25) is 4.79 Å². The van der Waals surface area contributed by atoms with E-state index in [4.69, 9.17) is 9.84 Å². The Morgan fingerprint density at radius 2 is 2.16 bits per heavy atom. The topological polar surface area (TPSA) is 106 Å². The molecule has 1 amide bonds. The number of aliphatic carboxylic acids is 1. The fourth-order valence-corrected chi connectivity index (χ4v) is 1.83. The lowest BCUT2D eigenvalue weighted by Gasteiger charge is -2.12. The zero-order valence-electron chi connectivity index (χ0n) is 10.00. The van der Waals surface area contributed by atoms with Gasteiger partial charge in [0.05, 0.1) is 11.7 Å². The van der Waals surface area contributed by atoms with Crippen LogP contribution in [-0.4, -0.2) is 35.7 Å². The minimum atomic E-state index is -0.987. The van der Waals surface area contributed by atoms with Gasteiger partial charge >= 0.3 is 11.6 Å². The molecular formula is C12H13NO6. The Bertz CT molecular complexity index is 517. The number of hydrogen-bond donors (Lipinski definition) is 2. The summed E-state index contributed by atoms with van der Waals surface area (Å²) in [6, 6.07) is 2.51. The number of nitrogens with one attached hydrogen (secondary N) is 1. The van der Waals surface area contributed by atoms with Crippen LogP contribution in [0.3, 0.4) is 0 Å². The molecule has 2 heterocycles. The molecule has 2 rings (SSSR count). The third-order valence-electron chi connectivity index (χ3n) is 2.84. The molecule has 1 aromatic rings. The molecule has 1 fully saturated rings. The van der Waals surface area contributed by atoms with E-state index >= 15 is 0 Å². The first-order chi connectivity index (χ1) is 9.06.